The summed E-state index contributed by atoms with van der Waals surface area (Å²) < 4.78 is 15.8. The molecule has 3 aromatic heterocycles. The molecule has 0 N–H and O–H groups in total. The first-order valence-electron chi connectivity index (χ1n) is 19.6. The molecule has 272 valence electrons. The van der Waals surface area contributed by atoms with Crippen LogP contribution in [0.2, 0.25) is 0 Å². The minimum absolute atomic E-state index is 0.837. The summed E-state index contributed by atoms with van der Waals surface area (Å²) in [6.45, 7) is 0. The first-order valence-corrected chi connectivity index (χ1v) is 20.4. The molecule has 0 atom stereocenters. The van der Waals surface area contributed by atoms with E-state index in [0.29, 0.717) is 0 Å². The van der Waals surface area contributed by atoms with Crippen molar-refractivity contribution in [3.8, 4) is 33.4 Å². The van der Waals surface area contributed by atoms with E-state index >= 15 is 0 Å². The summed E-state index contributed by atoms with van der Waals surface area (Å²) in [5.74, 6) is 0. The number of para-hydroxylation sites is 1. The van der Waals surface area contributed by atoms with Gasteiger partial charge in [0.1, 0.15) is 22.3 Å². The minimum Gasteiger partial charge on any atom is -0.456 e. The molecule has 12 aromatic rings. The Morgan fingerprint density at radius 1 is 0.345 bits per heavy atom. The molecule has 0 amide bonds. The van der Waals surface area contributed by atoms with Crippen molar-refractivity contribution < 1.29 is 8.83 Å². The SMILES string of the molecule is c1ccc(-c2ccc3c(c2)oc2cc(-c4ccccc4)cc(N(c4ccc5oc6ccccc6c5c4)c4ccc(-c5ccccc5)c5sc6ccccc6c45)c23)cc1. The van der Waals surface area contributed by atoms with Crippen molar-refractivity contribution in [2.75, 3.05) is 4.90 Å². The highest BCUT2D eigenvalue weighted by Crippen LogP contribution is 2.52. The number of nitrogens with zero attached hydrogens (tertiary/aromatic N) is 1. The van der Waals surface area contributed by atoms with Gasteiger partial charge in [-0.25, -0.2) is 0 Å². The van der Waals surface area contributed by atoms with Gasteiger partial charge in [0, 0.05) is 42.0 Å². The molecule has 0 saturated carbocycles. The highest BCUT2D eigenvalue weighted by Gasteiger charge is 2.26. The van der Waals surface area contributed by atoms with E-state index in [1.165, 1.54) is 31.3 Å². The van der Waals surface area contributed by atoms with Gasteiger partial charge >= 0.3 is 0 Å². The third-order valence-electron chi connectivity index (χ3n) is 11.5. The molecule has 12 rings (SSSR count). The first-order chi connectivity index (χ1) is 28.7. The summed E-state index contributed by atoms with van der Waals surface area (Å²) in [7, 11) is 0. The van der Waals surface area contributed by atoms with E-state index in [0.717, 1.165) is 83.2 Å². The molecule has 58 heavy (non-hydrogen) atoms. The molecule has 0 radical (unpaired) electrons. The van der Waals surface area contributed by atoms with Crippen molar-refractivity contribution in [2.24, 2.45) is 0 Å². The van der Waals surface area contributed by atoms with Gasteiger partial charge in [0.05, 0.1) is 16.8 Å². The van der Waals surface area contributed by atoms with Crippen molar-refractivity contribution in [3.05, 3.63) is 200 Å². The average Bonchev–Trinajstić information content (AvgIpc) is 3.99. The minimum atomic E-state index is 0.837. The maximum absolute atomic E-state index is 6.93. The summed E-state index contributed by atoms with van der Waals surface area (Å²) in [6, 6.07) is 71.4. The molecule has 3 nitrogen and oxygen atoms in total. The van der Waals surface area contributed by atoms with Crippen molar-refractivity contribution in [3.63, 3.8) is 0 Å². The Kier molecular flexibility index (Phi) is 7.40. The van der Waals surface area contributed by atoms with Crippen LogP contribution in [-0.2, 0) is 0 Å². The number of thiophene rings is 1. The lowest BCUT2D eigenvalue weighted by atomic mass is 9.97. The van der Waals surface area contributed by atoms with Crippen molar-refractivity contribution in [1.82, 2.24) is 0 Å². The average molecular weight is 760 g/mol. The number of rotatable bonds is 6. The van der Waals surface area contributed by atoms with Crippen LogP contribution in [0.1, 0.15) is 0 Å². The summed E-state index contributed by atoms with van der Waals surface area (Å²) in [4.78, 5) is 2.46. The molecular formula is C54H33NO2S. The maximum Gasteiger partial charge on any atom is 0.138 e. The fourth-order valence-corrected chi connectivity index (χ4v) is 10.0. The molecule has 0 bridgehead atoms. The van der Waals surface area contributed by atoms with Crippen molar-refractivity contribution in [2.45, 2.75) is 0 Å². The van der Waals surface area contributed by atoms with Gasteiger partial charge in [-0.2, -0.15) is 0 Å². The predicted octanol–water partition coefficient (Wildman–Crippen LogP) is 16.3. The second-order valence-electron chi connectivity index (χ2n) is 14.8. The van der Waals surface area contributed by atoms with E-state index < -0.39 is 0 Å². The Hall–Kier alpha value is -7.40. The van der Waals surface area contributed by atoms with E-state index in [4.69, 9.17) is 8.83 Å². The van der Waals surface area contributed by atoms with Gasteiger partial charge in [0.2, 0.25) is 0 Å². The Labute approximate surface area is 338 Å². The normalized spacial score (nSPS) is 11.8. The number of hydrogen-bond donors (Lipinski definition) is 0. The topological polar surface area (TPSA) is 29.5 Å². The van der Waals surface area contributed by atoms with Crippen LogP contribution in [0.5, 0.6) is 0 Å². The zero-order valence-electron chi connectivity index (χ0n) is 31.2. The fraction of sp³-hybridized carbons (Fsp3) is 0. The number of fused-ring (bicyclic) bond motifs is 9. The molecule has 0 spiro atoms. The molecule has 0 aliphatic heterocycles. The smallest absolute Gasteiger partial charge is 0.138 e. The number of furan rings is 2. The standard InChI is InChI=1S/C54H33NO2S/c1-4-14-34(15-5-1)37-24-26-42-49(31-37)57-50-32-38(35-16-6-2-7-17-35)30-46(52(42)50)55(39-25-29-48-44(33-39)41-20-10-12-22-47(41)56-48)45-28-27-40(36-18-8-3-9-19-36)54-53(45)43-21-11-13-23-51(43)58-54/h1-33H. The van der Waals surface area contributed by atoms with Gasteiger partial charge in [-0.3, -0.25) is 0 Å². The largest absolute Gasteiger partial charge is 0.456 e. The van der Waals surface area contributed by atoms with Gasteiger partial charge < -0.3 is 13.7 Å². The van der Waals surface area contributed by atoms with Gasteiger partial charge in [0.25, 0.3) is 0 Å². The second-order valence-corrected chi connectivity index (χ2v) is 15.9. The highest BCUT2D eigenvalue weighted by atomic mass is 32.1. The van der Waals surface area contributed by atoms with E-state index in [2.05, 4.69) is 193 Å². The third-order valence-corrected chi connectivity index (χ3v) is 12.7. The van der Waals surface area contributed by atoms with Crippen LogP contribution in [-0.4, -0.2) is 0 Å². The Morgan fingerprint density at radius 3 is 1.78 bits per heavy atom. The van der Waals surface area contributed by atoms with E-state index in [-0.39, 0.29) is 0 Å². The summed E-state index contributed by atoms with van der Waals surface area (Å²) in [5, 5.41) is 6.75. The van der Waals surface area contributed by atoms with Gasteiger partial charge in [0.15, 0.2) is 0 Å². The first kappa shape index (κ1) is 32.8. The molecular weight excluding hydrogens is 727 g/mol. The van der Waals surface area contributed by atoms with Gasteiger partial charge in [-0.05, 0) is 94.0 Å². The number of hydrogen-bond acceptors (Lipinski definition) is 4. The number of anilines is 3. The molecule has 4 heteroatoms. The lowest BCUT2D eigenvalue weighted by Gasteiger charge is -2.28. The lowest BCUT2D eigenvalue weighted by Crippen LogP contribution is -2.11. The van der Waals surface area contributed by atoms with Crippen LogP contribution in [0.15, 0.2) is 209 Å². The monoisotopic (exact) mass is 759 g/mol. The second kappa shape index (κ2) is 13.1. The fourth-order valence-electron chi connectivity index (χ4n) is 8.77. The van der Waals surface area contributed by atoms with Crippen LogP contribution in [0, 0.1) is 0 Å². The zero-order chi connectivity index (χ0) is 38.2. The Morgan fingerprint density at radius 2 is 0.983 bits per heavy atom. The predicted molar refractivity (Wildman–Crippen MR) is 245 cm³/mol. The Balaban J connectivity index is 1.21. The molecule has 3 heterocycles. The zero-order valence-corrected chi connectivity index (χ0v) is 32.0. The van der Waals surface area contributed by atoms with Crippen LogP contribution < -0.4 is 4.90 Å². The van der Waals surface area contributed by atoms with Crippen LogP contribution in [0.25, 0.3) is 97.4 Å². The quantitative estimate of drug-likeness (QED) is 0.169. The Bertz CT molecular complexity index is 3510. The van der Waals surface area contributed by atoms with Crippen LogP contribution in [0.3, 0.4) is 0 Å². The third kappa shape index (κ3) is 5.19. The van der Waals surface area contributed by atoms with E-state index in [1.54, 1.807) is 0 Å². The molecule has 0 saturated heterocycles. The molecule has 0 unspecified atom stereocenters. The summed E-state index contributed by atoms with van der Waals surface area (Å²) in [5.41, 5.74) is 13.5. The van der Waals surface area contributed by atoms with E-state index in [1.807, 2.05) is 23.5 Å². The lowest BCUT2D eigenvalue weighted by molar-refractivity contribution is 0.668. The van der Waals surface area contributed by atoms with E-state index in [9.17, 15) is 0 Å². The van der Waals surface area contributed by atoms with Crippen LogP contribution in [0.4, 0.5) is 17.1 Å². The van der Waals surface area contributed by atoms with Gasteiger partial charge in [-0.1, -0.05) is 140 Å². The summed E-state index contributed by atoms with van der Waals surface area (Å²) >= 11 is 1.86. The molecule has 0 fully saturated rings. The number of benzene rings is 9. The maximum atomic E-state index is 6.93. The molecule has 0 aliphatic rings. The van der Waals surface area contributed by atoms with Crippen molar-refractivity contribution in [1.29, 1.82) is 0 Å². The highest BCUT2D eigenvalue weighted by molar-refractivity contribution is 7.26. The molecule has 9 aromatic carbocycles. The van der Waals surface area contributed by atoms with Gasteiger partial charge in [-0.15, -0.1) is 11.3 Å². The summed E-state index contributed by atoms with van der Waals surface area (Å²) in [6.07, 6.45) is 0. The molecule has 0 aliphatic carbocycles. The van der Waals surface area contributed by atoms with Crippen molar-refractivity contribution >= 4 is 92.4 Å². The van der Waals surface area contributed by atoms with Crippen LogP contribution >= 0.6 is 11.3 Å².